The number of rotatable bonds is 1. The normalized spacial score (nSPS) is 15.0. The first-order valence-electron chi connectivity index (χ1n) is 5.40. The van der Waals surface area contributed by atoms with Crippen LogP contribution in [-0.2, 0) is 6.98 Å². The third kappa shape index (κ3) is 1.13. The standard InChI is InChI=1S/C10H10N2O/c1-7(13)10-11-8-5-3-4-6-9(8)12(10)2/h3-6H,1-2H3/i2D3. The molecule has 0 radical (unpaired) electrons. The number of Topliss-reactive ketones (excluding diaryl/α,β-unsaturated/α-hetero) is 1. The zero-order valence-corrected chi connectivity index (χ0v) is 7.11. The summed E-state index contributed by atoms with van der Waals surface area (Å²) in [7, 11) is 0. The number of aromatic nitrogens is 2. The lowest BCUT2D eigenvalue weighted by molar-refractivity contribution is 0.100. The third-order valence-electron chi connectivity index (χ3n) is 1.88. The minimum Gasteiger partial charge on any atom is -0.325 e. The van der Waals surface area contributed by atoms with Crippen LogP contribution in [0.15, 0.2) is 24.3 Å². The first kappa shape index (κ1) is 5.17. The summed E-state index contributed by atoms with van der Waals surface area (Å²) in [5, 5.41) is 0. The van der Waals surface area contributed by atoms with Gasteiger partial charge in [0, 0.05) is 18.0 Å². The van der Waals surface area contributed by atoms with Crippen molar-refractivity contribution >= 4 is 16.8 Å². The largest absolute Gasteiger partial charge is 0.325 e. The van der Waals surface area contributed by atoms with Gasteiger partial charge in [0.05, 0.1) is 11.0 Å². The molecule has 0 aliphatic carbocycles. The van der Waals surface area contributed by atoms with E-state index < -0.39 is 6.98 Å². The van der Waals surface area contributed by atoms with Crippen molar-refractivity contribution in [2.75, 3.05) is 0 Å². The number of aryl methyl sites for hydroxylation is 1. The Hall–Kier alpha value is -1.64. The zero-order chi connectivity index (χ0) is 11.9. The van der Waals surface area contributed by atoms with Gasteiger partial charge in [-0.1, -0.05) is 12.1 Å². The highest BCUT2D eigenvalue weighted by Crippen LogP contribution is 2.13. The Morgan fingerprint density at radius 2 is 2.31 bits per heavy atom. The Balaban J connectivity index is 2.85. The minimum atomic E-state index is -2.39. The highest BCUT2D eigenvalue weighted by molar-refractivity contribution is 5.94. The maximum atomic E-state index is 11.3. The van der Waals surface area contributed by atoms with Crippen molar-refractivity contribution in [2.45, 2.75) is 6.92 Å². The van der Waals surface area contributed by atoms with E-state index in [-0.39, 0.29) is 11.6 Å². The third-order valence-corrected chi connectivity index (χ3v) is 1.88. The molecule has 0 atom stereocenters. The number of hydrogen-bond donors (Lipinski definition) is 0. The summed E-state index contributed by atoms with van der Waals surface area (Å²) < 4.78 is 23.2. The molecule has 0 saturated heterocycles. The molecule has 1 aromatic heterocycles. The molecule has 0 saturated carbocycles. The van der Waals surface area contributed by atoms with Crippen LogP contribution >= 0.6 is 0 Å². The van der Waals surface area contributed by atoms with E-state index in [9.17, 15) is 4.79 Å². The molecular weight excluding hydrogens is 164 g/mol. The topological polar surface area (TPSA) is 34.9 Å². The van der Waals surface area contributed by atoms with Gasteiger partial charge in [-0.25, -0.2) is 4.98 Å². The van der Waals surface area contributed by atoms with Crippen LogP contribution in [0.1, 0.15) is 21.7 Å². The molecule has 3 heteroatoms. The molecule has 66 valence electrons. The van der Waals surface area contributed by atoms with Crippen LogP contribution in [-0.4, -0.2) is 15.3 Å². The molecule has 1 aromatic carbocycles. The summed E-state index contributed by atoms with van der Waals surface area (Å²) in [4.78, 5) is 15.4. The summed E-state index contributed by atoms with van der Waals surface area (Å²) in [5.41, 5.74) is 0.969. The van der Waals surface area contributed by atoms with E-state index in [1.54, 1.807) is 24.3 Å². The number of imidazole rings is 1. The van der Waals surface area contributed by atoms with Crippen molar-refractivity contribution < 1.29 is 8.91 Å². The second kappa shape index (κ2) is 2.69. The molecule has 3 nitrogen and oxygen atoms in total. The number of nitrogens with zero attached hydrogens (tertiary/aromatic N) is 2. The molecule has 2 rings (SSSR count). The van der Waals surface area contributed by atoms with E-state index in [1.165, 1.54) is 6.92 Å². The molecule has 2 aromatic rings. The smallest absolute Gasteiger partial charge is 0.195 e. The monoisotopic (exact) mass is 177 g/mol. The quantitative estimate of drug-likeness (QED) is 0.622. The van der Waals surface area contributed by atoms with Gasteiger partial charge in [-0.3, -0.25) is 4.79 Å². The Morgan fingerprint density at radius 3 is 3.00 bits per heavy atom. The fourth-order valence-corrected chi connectivity index (χ4v) is 1.26. The van der Waals surface area contributed by atoms with Gasteiger partial charge in [-0.05, 0) is 12.1 Å². The summed E-state index contributed by atoms with van der Waals surface area (Å²) in [5.74, 6) is -0.381. The average molecular weight is 177 g/mol. The van der Waals surface area contributed by atoms with Crippen LogP contribution in [0.2, 0.25) is 0 Å². The molecule has 0 aliphatic rings. The van der Waals surface area contributed by atoms with Gasteiger partial charge in [0.2, 0.25) is 0 Å². The number of hydrogen-bond acceptors (Lipinski definition) is 2. The van der Waals surface area contributed by atoms with Gasteiger partial charge in [-0.2, -0.15) is 0 Å². The van der Waals surface area contributed by atoms with Crippen molar-refractivity contribution in [1.29, 1.82) is 0 Å². The molecule has 1 heterocycles. The van der Waals surface area contributed by atoms with Gasteiger partial charge in [0.25, 0.3) is 0 Å². The Morgan fingerprint density at radius 1 is 1.54 bits per heavy atom. The maximum absolute atomic E-state index is 11.3. The van der Waals surface area contributed by atoms with Crippen LogP contribution in [0.3, 0.4) is 0 Å². The van der Waals surface area contributed by atoms with E-state index in [2.05, 4.69) is 4.98 Å². The summed E-state index contributed by atoms with van der Waals surface area (Å²) in [6, 6.07) is 6.80. The van der Waals surface area contributed by atoms with Crippen molar-refractivity contribution in [3.05, 3.63) is 30.1 Å². The predicted octanol–water partition coefficient (Wildman–Crippen LogP) is 1.78. The highest BCUT2D eigenvalue weighted by Gasteiger charge is 2.09. The van der Waals surface area contributed by atoms with Crippen LogP contribution < -0.4 is 0 Å². The second-order valence-electron chi connectivity index (χ2n) is 2.82. The highest BCUT2D eigenvalue weighted by atomic mass is 16.1. The van der Waals surface area contributed by atoms with Crippen LogP contribution in [0.5, 0.6) is 0 Å². The molecule has 13 heavy (non-hydrogen) atoms. The number of fused-ring (bicyclic) bond motifs is 1. The van der Waals surface area contributed by atoms with E-state index in [0.717, 1.165) is 4.57 Å². The predicted molar refractivity (Wildman–Crippen MR) is 50.7 cm³/mol. The van der Waals surface area contributed by atoms with E-state index in [0.29, 0.717) is 11.0 Å². The van der Waals surface area contributed by atoms with Crippen LogP contribution in [0.25, 0.3) is 11.0 Å². The van der Waals surface area contributed by atoms with Crippen molar-refractivity contribution in [3.63, 3.8) is 0 Å². The Kier molecular flexibility index (Phi) is 1.07. The van der Waals surface area contributed by atoms with E-state index in [4.69, 9.17) is 4.11 Å². The number of ketones is 1. The average Bonchev–Trinajstić information content (AvgIpc) is 2.55. The number of carbonyl (C=O) groups excluding carboxylic acids is 1. The van der Waals surface area contributed by atoms with Crippen molar-refractivity contribution in [1.82, 2.24) is 9.55 Å². The molecule has 0 spiro atoms. The van der Waals surface area contributed by atoms with Gasteiger partial charge < -0.3 is 4.57 Å². The van der Waals surface area contributed by atoms with Gasteiger partial charge >= 0.3 is 0 Å². The summed E-state index contributed by atoms with van der Waals surface area (Å²) in [6.07, 6.45) is 0. The van der Waals surface area contributed by atoms with E-state index >= 15 is 0 Å². The summed E-state index contributed by atoms with van der Waals surface area (Å²) in [6.45, 7) is -1.08. The SMILES string of the molecule is [2H]C([2H])([2H])n1c(C(C)=O)nc2ccccc21. The van der Waals surface area contributed by atoms with Crippen LogP contribution in [0, 0.1) is 0 Å². The number of carbonyl (C=O) groups is 1. The zero-order valence-electron chi connectivity index (χ0n) is 10.1. The number of benzene rings is 1. The molecule has 0 unspecified atom stereocenters. The lowest BCUT2D eigenvalue weighted by Crippen LogP contribution is -2.02. The first-order chi connectivity index (χ1) is 7.41. The molecule has 0 amide bonds. The number of para-hydroxylation sites is 2. The van der Waals surface area contributed by atoms with Gasteiger partial charge in [0.15, 0.2) is 11.6 Å². The van der Waals surface area contributed by atoms with Gasteiger partial charge in [0.1, 0.15) is 0 Å². The fraction of sp³-hybridized carbons (Fsp3) is 0.200. The van der Waals surface area contributed by atoms with Crippen LogP contribution in [0.4, 0.5) is 0 Å². The molecule has 0 aliphatic heterocycles. The van der Waals surface area contributed by atoms with Gasteiger partial charge in [-0.15, -0.1) is 0 Å². The Bertz CT molecular complexity index is 557. The molecule has 0 fully saturated rings. The molecule has 0 bridgehead atoms. The lowest BCUT2D eigenvalue weighted by Gasteiger charge is -1.96. The maximum Gasteiger partial charge on any atom is 0.195 e. The first-order valence-corrected chi connectivity index (χ1v) is 3.90. The lowest BCUT2D eigenvalue weighted by atomic mass is 10.3. The second-order valence-corrected chi connectivity index (χ2v) is 2.82. The minimum absolute atomic E-state index is 0.0267. The Labute approximate surface area is 80.2 Å². The van der Waals surface area contributed by atoms with E-state index in [1.807, 2.05) is 0 Å². The fourth-order valence-electron chi connectivity index (χ4n) is 1.26. The molecule has 0 N–H and O–H groups in total. The summed E-state index contributed by atoms with van der Waals surface area (Å²) >= 11 is 0. The van der Waals surface area contributed by atoms with Crippen molar-refractivity contribution in [3.8, 4) is 0 Å². The van der Waals surface area contributed by atoms with Crippen molar-refractivity contribution in [2.24, 2.45) is 6.98 Å². The molecular formula is C10H10N2O.